The van der Waals surface area contributed by atoms with Gasteiger partial charge < -0.3 is 5.11 Å². The van der Waals surface area contributed by atoms with Gasteiger partial charge in [-0.3, -0.25) is 14.9 Å². The maximum Gasteiger partial charge on any atom is 0.315 e. The van der Waals surface area contributed by atoms with Crippen LogP contribution in [-0.2, 0) is 10.2 Å². The topological polar surface area (TPSA) is 93.3 Å². The van der Waals surface area contributed by atoms with Crippen LogP contribution in [0, 0.1) is 17.0 Å². The molecule has 1 aromatic carbocycles. The molecule has 0 unspecified atom stereocenters. The van der Waals surface area contributed by atoms with E-state index in [9.17, 15) is 20.0 Å². The van der Waals surface area contributed by atoms with E-state index in [2.05, 4.69) is 4.98 Å². The lowest BCUT2D eigenvalue weighted by Crippen LogP contribution is -2.28. The number of nitro groups is 1. The molecular weight excluding hydrogens is 292 g/mol. The van der Waals surface area contributed by atoms with Crippen molar-refractivity contribution in [2.75, 3.05) is 0 Å². The quantitative estimate of drug-likeness (QED) is 0.690. The molecular formula is C14H14N2O4S. The van der Waals surface area contributed by atoms with Crippen LogP contribution in [-0.4, -0.2) is 21.0 Å². The summed E-state index contributed by atoms with van der Waals surface area (Å²) in [5.74, 6) is -0.963. The van der Waals surface area contributed by atoms with Gasteiger partial charge in [0.05, 0.1) is 10.6 Å². The highest BCUT2D eigenvalue weighted by Crippen LogP contribution is 2.33. The highest BCUT2D eigenvalue weighted by Gasteiger charge is 2.32. The minimum Gasteiger partial charge on any atom is -0.481 e. The van der Waals surface area contributed by atoms with E-state index in [1.165, 1.54) is 23.5 Å². The number of aryl methyl sites for hydroxylation is 1. The lowest BCUT2D eigenvalue weighted by Gasteiger charge is -2.15. The van der Waals surface area contributed by atoms with Crippen molar-refractivity contribution < 1.29 is 14.8 Å². The Morgan fingerprint density at radius 1 is 1.43 bits per heavy atom. The fraction of sp³-hybridized carbons (Fsp3) is 0.286. The summed E-state index contributed by atoms with van der Waals surface area (Å²) in [7, 11) is 0. The first-order valence-corrected chi connectivity index (χ1v) is 7.06. The molecule has 110 valence electrons. The second kappa shape index (κ2) is 5.25. The van der Waals surface area contributed by atoms with Gasteiger partial charge in [0, 0.05) is 23.1 Å². The zero-order valence-corrected chi connectivity index (χ0v) is 12.6. The van der Waals surface area contributed by atoms with E-state index < -0.39 is 16.3 Å². The Balaban J connectivity index is 2.49. The molecule has 0 saturated carbocycles. The van der Waals surface area contributed by atoms with E-state index in [1.54, 1.807) is 25.3 Å². The van der Waals surface area contributed by atoms with E-state index >= 15 is 0 Å². The summed E-state index contributed by atoms with van der Waals surface area (Å²) < 4.78 is 0. The highest BCUT2D eigenvalue weighted by atomic mass is 32.1. The molecule has 0 aliphatic rings. The number of hydrogen-bond donors (Lipinski definition) is 1. The molecule has 1 aromatic heterocycles. The smallest absolute Gasteiger partial charge is 0.315 e. The number of aliphatic carboxylic acids is 1. The van der Waals surface area contributed by atoms with Gasteiger partial charge in [-0.05, 0) is 26.3 Å². The Morgan fingerprint density at radius 2 is 2.10 bits per heavy atom. The highest BCUT2D eigenvalue weighted by molar-refractivity contribution is 7.13. The second-order valence-corrected chi connectivity index (χ2v) is 6.08. The molecule has 1 heterocycles. The van der Waals surface area contributed by atoms with Crippen molar-refractivity contribution in [2.24, 2.45) is 0 Å². The summed E-state index contributed by atoms with van der Waals surface area (Å²) in [5.41, 5.74) is 0.852. The monoisotopic (exact) mass is 306 g/mol. The van der Waals surface area contributed by atoms with Crippen molar-refractivity contribution in [1.29, 1.82) is 0 Å². The molecule has 6 nitrogen and oxygen atoms in total. The van der Waals surface area contributed by atoms with Crippen LogP contribution < -0.4 is 0 Å². The van der Waals surface area contributed by atoms with Crippen LogP contribution in [0.2, 0.25) is 0 Å². The lowest BCUT2D eigenvalue weighted by atomic mass is 9.90. The molecule has 0 spiro atoms. The summed E-state index contributed by atoms with van der Waals surface area (Å²) in [6.45, 7) is 4.99. The van der Waals surface area contributed by atoms with E-state index in [0.29, 0.717) is 16.3 Å². The van der Waals surface area contributed by atoms with Gasteiger partial charge in [0.2, 0.25) is 0 Å². The normalized spacial score (nSPS) is 11.4. The molecule has 2 rings (SSSR count). The summed E-state index contributed by atoms with van der Waals surface area (Å²) in [4.78, 5) is 26.0. The summed E-state index contributed by atoms with van der Waals surface area (Å²) >= 11 is 1.28. The number of thiazole rings is 1. The first-order chi connectivity index (χ1) is 9.73. The molecule has 2 aromatic rings. The van der Waals surface area contributed by atoms with Crippen LogP contribution in [0.4, 0.5) is 5.69 Å². The van der Waals surface area contributed by atoms with Crippen molar-refractivity contribution in [3.8, 4) is 10.6 Å². The number of nitro benzene ring substituents is 1. The Hall–Kier alpha value is -2.28. The minimum absolute atomic E-state index is 0.00940. The third kappa shape index (κ3) is 2.78. The van der Waals surface area contributed by atoms with E-state index in [0.717, 1.165) is 5.56 Å². The third-order valence-corrected chi connectivity index (χ3v) is 4.22. The van der Waals surface area contributed by atoms with Crippen molar-refractivity contribution in [2.45, 2.75) is 26.2 Å². The van der Waals surface area contributed by atoms with Gasteiger partial charge in [0.1, 0.15) is 10.4 Å². The molecule has 1 N–H and O–H groups in total. The Labute approximate surface area is 125 Å². The number of rotatable bonds is 4. The van der Waals surface area contributed by atoms with Gasteiger partial charge in [-0.2, -0.15) is 0 Å². The summed E-state index contributed by atoms with van der Waals surface area (Å²) in [6, 6.07) is 4.57. The number of aromatic nitrogens is 1. The van der Waals surface area contributed by atoms with Gasteiger partial charge in [0.15, 0.2) is 0 Å². The van der Waals surface area contributed by atoms with E-state index in [4.69, 9.17) is 0 Å². The molecule has 0 fully saturated rings. The third-order valence-electron chi connectivity index (χ3n) is 3.34. The number of hydrogen-bond acceptors (Lipinski definition) is 5. The number of carbonyl (C=O) groups is 1. The zero-order chi connectivity index (χ0) is 15.8. The van der Waals surface area contributed by atoms with Crippen molar-refractivity contribution in [3.63, 3.8) is 0 Å². The van der Waals surface area contributed by atoms with Crippen LogP contribution >= 0.6 is 11.3 Å². The predicted molar refractivity (Wildman–Crippen MR) is 79.6 cm³/mol. The summed E-state index contributed by atoms with van der Waals surface area (Å²) in [5, 5.41) is 22.3. The van der Waals surface area contributed by atoms with Crippen LogP contribution in [0.15, 0.2) is 23.6 Å². The fourth-order valence-electron chi connectivity index (χ4n) is 1.75. The number of nitrogens with zero attached hydrogens (tertiary/aromatic N) is 2. The standard InChI is InChI=1S/C14H14N2O4S/c1-8-4-5-9(16(19)20)6-10(8)12-15-11(7-21-12)14(2,3)13(17)18/h4-7H,1-3H3,(H,17,18). The Bertz CT molecular complexity index is 722. The van der Waals surface area contributed by atoms with E-state index in [-0.39, 0.29) is 5.69 Å². The van der Waals surface area contributed by atoms with Crippen molar-refractivity contribution >= 4 is 23.0 Å². The molecule has 0 atom stereocenters. The Morgan fingerprint density at radius 3 is 2.67 bits per heavy atom. The fourth-order valence-corrected chi connectivity index (χ4v) is 2.82. The second-order valence-electron chi connectivity index (χ2n) is 5.22. The molecule has 21 heavy (non-hydrogen) atoms. The number of non-ortho nitro benzene ring substituents is 1. The van der Waals surface area contributed by atoms with Gasteiger partial charge in [-0.25, -0.2) is 4.98 Å². The van der Waals surface area contributed by atoms with Crippen molar-refractivity contribution in [3.05, 3.63) is 45.0 Å². The molecule has 0 saturated heterocycles. The largest absolute Gasteiger partial charge is 0.481 e. The van der Waals surface area contributed by atoms with Crippen LogP contribution in [0.5, 0.6) is 0 Å². The predicted octanol–water partition coefficient (Wildman–Crippen LogP) is 3.39. The maximum atomic E-state index is 11.3. The average Bonchev–Trinajstić information content (AvgIpc) is 2.88. The first kappa shape index (κ1) is 15.1. The van der Waals surface area contributed by atoms with Gasteiger partial charge >= 0.3 is 5.97 Å². The van der Waals surface area contributed by atoms with Gasteiger partial charge in [-0.1, -0.05) is 6.07 Å². The van der Waals surface area contributed by atoms with Crippen LogP contribution in [0.1, 0.15) is 25.1 Å². The maximum absolute atomic E-state index is 11.3. The lowest BCUT2D eigenvalue weighted by molar-refractivity contribution is -0.384. The van der Waals surface area contributed by atoms with Gasteiger partial charge in [0.25, 0.3) is 5.69 Å². The van der Waals surface area contributed by atoms with Crippen LogP contribution in [0.25, 0.3) is 10.6 Å². The van der Waals surface area contributed by atoms with Crippen LogP contribution in [0.3, 0.4) is 0 Å². The number of benzene rings is 1. The summed E-state index contributed by atoms with van der Waals surface area (Å²) in [6.07, 6.45) is 0. The first-order valence-electron chi connectivity index (χ1n) is 6.18. The SMILES string of the molecule is Cc1ccc([N+](=O)[O-])cc1-c1nc(C(C)(C)C(=O)O)cs1. The average molecular weight is 306 g/mol. The minimum atomic E-state index is -1.09. The number of carboxylic acid groups (broad SMARTS) is 1. The molecule has 0 amide bonds. The Kier molecular flexibility index (Phi) is 3.78. The molecule has 0 radical (unpaired) electrons. The zero-order valence-electron chi connectivity index (χ0n) is 11.8. The molecule has 7 heteroatoms. The molecule has 0 aliphatic carbocycles. The molecule has 0 bridgehead atoms. The number of carboxylic acids is 1. The van der Waals surface area contributed by atoms with Gasteiger partial charge in [-0.15, -0.1) is 11.3 Å². The van der Waals surface area contributed by atoms with E-state index in [1.807, 2.05) is 6.92 Å². The van der Waals surface area contributed by atoms with Crippen molar-refractivity contribution in [1.82, 2.24) is 4.98 Å². The molecule has 0 aliphatic heterocycles.